The second-order valence-corrected chi connectivity index (χ2v) is 5.72. The number of benzene rings is 2. The molecule has 152 valence electrons. The van der Waals surface area contributed by atoms with Crippen molar-refractivity contribution in [2.75, 3.05) is 50.3 Å². The highest BCUT2D eigenvalue weighted by Gasteiger charge is 2.04. The van der Waals surface area contributed by atoms with Crippen LogP contribution in [0.25, 0.3) is 0 Å². The largest absolute Gasteiger partial charge is 0.491 e. The van der Waals surface area contributed by atoms with Crippen LogP contribution in [0.4, 0.5) is 16.2 Å². The van der Waals surface area contributed by atoms with Crippen molar-refractivity contribution in [3.8, 4) is 11.5 Å². The molecule has 0 radical (unpaired) electrons. The summed E-state index contributed by atoms with van der Waals surface area (Å²) in [6, 6.07) is 14.0. The molecule has 0 bridgehead atoms. The Morgan fingerprint density at radius 1 is 0.679 bits per heavy atom. The van der Waals surface area contributed by atoms with Crippen LogP contribution >= 0.6 is 0 Å². The average molecular weight is 388 g/mol. The van der Waals surface area contributed by atoms with Crippen molar-refractivity contribution in [1.29, 1.82) is 0 Å². The van der Waals surface area contributed by atoms with E-state index in [4.69, 9.17) is 18.9 Å². The number of hydrogen-bond acceptors (Lipinski definition) is 5. The molecule has 0 atom stereocenters. The fourth-order valence-electron chi connectivity index (χ4n) is 2.29. The molecule has 0 fully saturated rings. The quantitative estimate of drug-likeness (QED) is 0.534. The minimum Gasteiger partial charge on any atom is -0.491 e. The summed E-state index contributed by atoms with van der Waals surface area (Å²) in [6.45, 7) is 7.31. The molecule has 2 aromatic carbocycles. The molecule has 0 aliphatic rings. The standard InChI is InChI=1S/C21H28N2O5/c1-3-25-13-15-27-19-9-5-17(6-10-19)22-21(24)23-18-7-11-20(12-8-18)28-16-14-26-4-2/h5-12H,3-4,13-16H2,1-2H3,(H2,22,23,24). The van der Waals surface area contributed by atoms with Crippen LogP contribution in [0.15, 0.2) is 48.5 Å². The summed E-state index contributed by atoms with van der Waals surface area (Å²) >= 11 is 0. The van der Waals surface area contributed by atoms with Crippen molar-refractivity contribution < 1.29 is 23.7 Å². The number of ether oxygens (including phenoxy) is 4. The number of anilines is 2. The lowest BCUT2D eigenvalue weighted by molar-refractivity contribution is 0.110. The van der Waals surface area contributed by atoms with E-state index in [0.29, 0.717) is 51.0 Å². The number of rotatable bonds is 12. The molecule has 0 saturated carbocycles. The summed E-state index contributed by atoms with van der Waals surface area (Å²) in [7, 11) is 0. The van der Waals surface area contributed by atoms with Crippen LogP contribution in [0, 0.1) is 0 Å². The maximum atomic E-state index is 12.1. The van der Waals surface area contributed by atoms with Crippen molar-refractivity contribution in [2.45, 2.75) is 13.8 Å². The van der Waals surface area contributed by atoms with Crippen molar-refractivity contribution >= 4 is 17.4 Å². The van der Waals surface area contributed by atoms with Crippen LogP contribution in [0.1, 0.15) is 13.8 Å². The van der Waals surface area contributed by atoms with E-state index >= 15 is 0 Å². The zero-order chi connectivity index (χ0) is 20.0. The van der Waals surface area contributed by atoms with Gasteiger partial charge in [-0.2, -0.15) is 0 Å². The highest BCUT2D eigenvalue weighted by molar-refractivity contribution is 5.99. The van der Waals surface area contributed by atoms with Gasteiger partial charge in [0.25, 0.3) is 0 Å². The van der Waals surface area contributed by atoms with E-state index in [-0.39, 0.29) is 6.03 Å². The van der Waals surface area contributed by atoms with Crippen LogP contribution in [0.5, 0.6) is 11.5 Å². The summed E-state index contributed by atoms with van der Waals surface area (Å²) in [5.74, 6) is 1.45. The van der Waals surface area contributed by atoms with Crippen LogP contribution < -0.4 is 20.1 Å². The maximum absolute atomic E-state index is 12.1. The van der Waals surface area contributed by atoms with E-state index in [9.17, 15) is 4.79 Å². The van der Waals surface area contributed by atoms with E-state index < -0.39 is 0 Å². The number of carbonyl (C=O) groups excluding carboxylic acids is 1. The molecule has 0 aliphatic carbocycles. The summed E-state index contributed by atoms with van der Waals surface area (Å²) in [4.78, 5) is 12.1. The number of amides is 2. The van der Waals surface area contributed by atoms with Gasteiger partial charge >= 0.3 is 6.03 Å². The topological polar surface area (TPSA) is 78.1 Å². The molecule has 2 N–H and O–H groups in total. The number of urea groups is 1. The van der Waals surface area contributed by atoms with Gasteiger partial charge in [0.15, 0.2) is 0 Å². The average Bonchev–Trinajstić information content (AvgIpc) is 2.71. The lowest BCUT2D eigenvalue weighted by Gasteiger charge is -2.10. The van der Waals surface area contributed by atoms with E-state index in [1.807, 2.05) is 13.8 Å². The molecule has 2 amide bonds. The molecule has 2 aromatic rings. The van der Waals surface area contributed by atoms with E-state index in [2.05, 4.69) is 10.6 Å². The first-order valence-electron chi connectivity index (χ1n) is 9.40. The summed E-state index contributed by atoms with van der Waals surface area (Å²) in [6.07, 6.45) is 0. The zero-order valence-electron chi connectivity index (χ0n) is 16.4. The van der Waals surface area contributed by atoms with Gasteiger partial charge in [0.1, 0.15) is 24.7 Å². The Morgan fingerprint density at radius 2 is 1.07 bits per heavy atom. The Hall–Kier alpha value is -2.77. The Balaban J connectivity index is 1.74. The first-order valence-corrected chi connectivity index (χ1v) is 9.40. The van der Waals surface area contributed by atoms with E-state index in [1.165, 1.54) is 0 Å². The lowest BCUT2D eigenvalue weighted by Crippen LogP contribution is -2.19. The smallest absolute Gasteiger partial charge is 0.323 e. The van der Waals surface area contributed by atoms with Crippen molar-refractivity contribution in [3.05, 3.63) is 48.5 Å². The fraction of sp³-hybridized carbons (Fsp3) is 0.381. The molecule has 0 saturated heterocycles. The minimum absolute atomic E-state index is 0.324. The highest BCUT2D eigenvalue weighted by atomic mass is 16.5. The third-order valence-electron chi connectivity index (χ3n) is 3.63. The van der Waals surface area contributed by atoms with Crippen molar-refractivity contribution in [1.82, 2.24) is 0 Å². The first kappa shape index (κ1) is 21.5. The van der Waals surface area contributed by atoms with Gasteiger partial charge in [0.2, 0.25) is 0 Å². The van der Waals surface area contributed by atoms with Gasteiger partial charge in [-0.1, -0.05) is 0 Å². The summed E-state index contributed by atoms with van der Waals surface area (Å²) in [5.41, 5.74) is 1.34. The zero-order valence-corrected chi connectivity index (χ0v) is 16.4. The minimum atomic E-state index is -0.324. The Morgan fingerprint density at radius 3 is 1.43 bits per heavy atom. The van der Waals surface area contributed by atoms with Gasteiger partial charge in [-0.05, 0) is 62.4 Å². The molecular formula is C21H28N2O5. The Bertz CT molecular complexity index is 629. The van der Waals surface area contributed by atoms with E-state index in [0.717, 1.165) is 11.5 Å². The second kappa shape index (κ2) is 12.6. The SMILES string of the molecule is CCOCCOc1ccc(NC(=O)Nc2ccc(OCCOCC)cc2)cc1. The molecule has 0 aliphatic heterocycles. The molecular weight excluding hydrogens is 360 g/mol. The number of carbonyl (C=O) groups is 1. The van der Waals surface area contributed by atoms with Crippen LogP contribution in [-0.4, -0.2) is 45.7 Å². The third kappa shape index (κ3) is 8.28. The molecule has 0 spiro atoms. The number of hydrogen-bond donors (Lipinski definition) is 2. The normalized spacial score (nSPS) is 10.4. The van der Waals surface area contributed by atoms with Gasteiger partial charge in [0.05, 0.1) is 13.2 Å². The first-order chi connectivity index (χ1) is 13.7. The second-order valence-electron chi connectivity index (χ2n) is 5.72. The van der Waals surface area contributed by atoms with Crippen LogP contribution in [0.2, 0.25) is 0 Å². The van der Waals surface area contributed by atoms with Crippen LogP contribution in [-0.2, 0) is 9.47 Å². The molecule has 0 unspecified atom stereocenters. The third-order valence-corrected chi connectivity index (χ3v) is 3.63. The molecule has 0 heterocycles. The number of nitrogens with one attached hydrogen (secondary N) is 2. The molecule has 2 rings (SSSR count). The lowest BCUT2D eigenvalue weighted by atomic mass is 10.3. The molecule has 28 heavy (non-hydrogen) atoms. The molecule has 7 heteroatoms. The van der Waals surface area contributed by atoms with Gasteiger partial charge in [0, 0.05) is 24.6 Å². The van der Waals surface area contributed by atoms with Gasteiger partial charge in [-0.15, -0.1) is 0 Å². The van der Waals surface area contributed by atoms with Crippen molar-refractivity contribution in [3.63, 3.8) is 0 Å². The van der Waals surface area contributed by atoms with Crippen LogP contribution in [0.3, 0.4) is 0 Å². The fourth-order valence-corrected chi connectivity index (χ4v) is 2.29. The van der Waals surface area contributed by atoms with Gasteiger partial charge in [-0.3, -0.25) is 0 Å². The Labute approximate surface area is 165 Å². The maximum Gasteiger partial charge on any atom is 0.323 e. The highest BCUT2D eigenvalue weighted by Crippen LogP contribution is 2.18. The van der Waals surface area contributed by atoms with Gasteiger partial charge < -0.3 is 29.6 Å². The molecule has 0 aromatic heterocycles. The Kier molecular flexibility index (Phi) is 9.68. The monoisotopic (exact) mass is 388 g/mol. The molecule has 7 nitrogen and oxygen atoms in total. The summed E-state index contributed by atoms with van der Waals surface area (Å²) < 4.78 is 21.5. The predicted molar refractivity (Wildman–Crippen MR) is 110 cm³/mol. The van der Waals surface area contributed by atoms with E-state index in [1.54, 1.807) is 48.5 Å². The summed E-state index contributed by atoms with van der Waals surface area (Å²) in [5, 5.41) is 5.56. The predicted octanol–water partition coefficient (Wildman–Crippen LogP) is 4.16. The van der Waals surface area contributed by atoms with Gasteiger partial charge in [-0.25, -0.2) is 4.79 Å². The van der Waals surface area contributed by atoms with Crippen molar-refractivity contribution in [2.24, 2.45) is 0 Å².